The van der Waals surface area contributed by atoms with E-state index in [2.05, 4.69) is 46.2 Å². The van der Waals surface area contributed by atoms with Crippen LogP contribution in [0.15, 0.2) is 54.6 Å². The van der Waals surface area contributed by atoms with E-state index >= 15 is 0 Å². The minimum absolute atomic E-state index is 0.285. The Morgan fingerprint density at radius 2 is 1.23 bits per heavy atom. The van der Waals surface area contributed by atoms with Gasteiger partial charge in [0.25, 0.3) is 0 Å². The third-order valence-electron chi connectivity index (χ3n) is 8.76. The quantitative estimate of drug-likeness (QED) is 0.124. The predicted octanol–water partition coefficient (Wildman–Crippen LogP) is 5.26. The maximum Gasteiger partial charge on any atom is 0.414 e. The monoisotopic (exact) mass is 752 g/mol. The lowest BCUT2D eigenvalue weighted by molar-refractivity contribution is -0.159. The highest BCUT2D eigenvalue weighted by Gasteiger charge is 2.21. The van der Waals surface area contributed by atoms with Gasteiger partial charge in [0.1, 0.15) is 29.6 Å². The van der Waals surface area contributed by atoms with Crippen molar-refractivity contribution >= 4 is 45.3 Å². The van der Waals surface area contributed by atoms with Gasteiger partial charge in [-0.3, -0.25) is 9.80 Å². The number of benzene rings is 3. The van der Waals surface area contributed by atoms with E-state index in [-0.39, 0.29) is 5.75 Å². The number of methoxy groups -OCH3 is 2. The molecule has 15 heteroatoms. The second kappa shape index (κ2) is 19.5. The van der Waals surface area contributed by atoms with Gasteiger partial charge in [-0.05, 0) is 135 Å². The van der Waals surface area contributed by atoms with E-state index < -0.39 is 23.9 Å². The molecule has 2 fully saturated rings. The van der Waals surface area contributed by atoms with E-state index in [0.29, 0.717) is 6.61 Å². The zero-order valence-corrected chi connectivity index (χ0v) is 30.4. The van der Waals surface area contributed by atoms with Crippen molar-refractivity contribution in [3.8, 4) is 33.4 Å². The Hall–Kier alpha value is -5.38. The first-order chi connectivity index (χ1) is 25.4. The van der Waals surface area contributed by atoms with Crippen molar-refractivity contribution < 1.29 is 58.9 Å². The number of likely N-dealkylation sites (tertiary alicyclic amines) is 2. The molecule has 0 amide bonds. The van der Waals surface area contributed by atoms with Crippen molar-refractivity contribution in [2.45, 2.75) is 38.6 Å². The van der Waals surface area contributed by atoms with E-state index in [4.69, 9.17) is 53.8 Å². The second-order valence-electron chi connectivity index (χ2n) is 12.4. The molecule has 284 valence electrons. The number of fused-ring (bicyclic) bond motifs is 1. The molecule has 0 unspecified atom stereocenters. The minimum Gasteiger partial charge on any atom is -0.508 e. The zero-order chi connectivity index (χ0) is 38.5. The highest BCUT2D eigenvalue weighted by molar-refractivity contribution is 7.22. The Bertz CT molecular complexity index is 1810. The third kappa shape index (κ3) is 11.6. The molecule has 0 bridgehead atoms. The van der Waals surface area contributed by atoms with Crippen LogP contribution in [0.1, 0.15) is 42.4 Å². The number of aliphatic carboxylic acids is 4. The van der Waals surface area contributed by atoms with Gasteiger partial charge in [0.05, 0.1) is 19.8 Å². The van der Waals surface area contributed by atoms with Gasteiger partial charge in [-0.25, -0.2) is 19.2 Å². The summed E-state index contributed by atoms with van der Waals surface area (Å²) in [6, 6.07) is 18.5. The largest absolute Gasteiger partial charge is 0.508 e. The highest BCUT2D eigenvalue weighted by atomic mass is 32.1. The van der Waals surface area contributed by atoms with E-state index in [1.54, 1.807) is 31.6 Å². The van der Waals surface area contributed by atoms with Crippen molar-refractivity contribution in [3.05, 3.63) is 71.3 Å². The molecule has 6 rings (SSSR count). The molecule has 3 aromatic carbocycles. The van der Waals surface area contributed by atoms with Crippen molar-refractivity contribution in [2.24, 2.45) is 0 Å². The van der Waals surface area contributed by atoms with Gasteiger partial charge in [0, 0.05) is 22.7 Å². The van der Waals surface area contributed by atoms with Gasteiger partial charge in [0.2, 0.25) is 0 Å². The van der Waals surface area contributed by atoms with Crippen LogP contribution in [0.2, 0.25) is 0 Å². The topological polar surface area (TPSA) is 204 Å². The number of carboxylic acid groups (broad SMARTS) is 4. The number of nitrogens with zero attached hydrogens (tertiary/aromatic N) is 2. The summed E-state index contributed by atoms with van der Waals surface area (Å²) in [7, 11) is 3.49. The van der Waals surface area contributed by atoms with Crippen LogP contribution in [0.3, 0.4) is 0 Å². The summed E-state index contributed by atoms with van der Waals surface area (Å²) in [5.74, 6) is -4.36. The van der Waals surface area contributed by atoms with Gasteiger partial charge in [-0.1, -0.05) is 0 Å². The fourth-order valence-corrected chi connectivity index (χ4v) is 7.47. The van der Waals surface area contributed by atoms with Gasteiger partial charge in [0.15, 0.2) is 0 Å². The predicted molar refractivity (Wildman–Crippen MR) is 198 cm³/mol. The summed E-state index contributed by atoms with van der Waals surface area (Å²) in [6.45, 7) is 7.14. The van der Waals surface area contributed by atoms with E-state index in [1.165, 1.54) is 49.2 Å². The van der Waals surface area contributed by atoms with Gasteiger partial charge >= 0.3 is 23.9 Å². The number of hydrogen-bond acceptors (Lipinski definition) is 11. The number of ether oxygens (including phenoxy) is 3. The average Bonchev–Trinajstić information content (AvgIpc) is 3.92. The summed E-state index contributed by atoms with van der Waals surface area (Å²) >= 11 is 1.72. The van der Waals surface area contributed by atoms with Gasteiger partial charge in [-0.2, -0.15) is 0 Å². The minimum atomic E-state index is -1.82. The van der Waals surface area contributed by atoms with E-state index in [9.17, 15) is 5.11 Å². The summed E-state index contributed by atoms with van der Waals surface area (Å²) in [5.41, 5.74) is 4.64. The first-order valence-corrected chi connectivity index (χ1v) is 17.8. The van der Waals surface area contributed by atoms with Crippen LogP contribution in [0.25, 0.3) is 20.5 Å². The Kier molecular flexibility index (Phi) is 14.8. The summed E-state index contributed by atoms with van der Waals surface area (Å²) in [6.07, 6.45) is 5.82. The number of thiophene rings is 1. The Morgan fingerprint density at radius 3 is 1.74 bits per heavy atom. The lowest BCUT2D eigenvalue weighted by Crippen LogP contribution is -2.25. The molecular formula is C38H44N2O12S. The fraction of sp³-hybridized carbons (Fsp3) is 0.368. The maximum absolute atomic E-state index is 10.2. The molecule has 1 aromatic heterocycles. The number of phenolic OH excluding ortho intramolecular Hbond substituents is 1. The molecule has 2 aliphatic heterocycles. The Balaban J connectivity index is 0.000000453. The smallest absolute Gasteiger partial charge is 0.414 e. The van der Waals surface area contributed by atoms with Crippen LogP contribution in [0.4, 0.5) is 0 Å². The summed E-state index contributed by atoms with van der Waals surface area (Å²) in [4.78, 5) is 42.5. The molecule has 14 nitrogen and oxygen atoms in total. The number of carboxylic acids is 4. The maximum atomic E-state index is 10.2. The molecule has 0 spiro atoms. The Labute approximate surface area is 310 Å². The van der Waals surface area contributed by atoms with Crippen LogP contribution in [0.5, 0.6) is 23.0 Å². The zero-order valence-electron chi connectivity index (χ0n) is 29.6. The number of rotatable bonds is 11. The van der Waals surface area contributed by atoms with Crippen LogP contribution in [-0.4, -0.2) is 113 Å². The average molecular weight is 753 g/mol. The van der Waals surface area contributed by atoms with E-state index in [0.717, 1.165) is 76.6 Å². The molecule has 0 aliphatic carbocycles. The molecule has 5 N–H and O–H groups in total. The normalized spacial score (nSPS) is 14.1. The third-order valence-corrected chi connectivity index (χ3v) is 10.0. The highest BCUT2D eigenvalue weighted by Crippen LogP contribution is 2.42. The van der Waals surface area contributed by atoms with Crippen molar-refractivity contribution in [1.29, 1.82) is 0 Å². The molecule has 53 heavy (non-hydrogen) atoms. The molecule has 0 saturated carbocycles. The number of carbonyl (C=O) groups is 4. The van der Waals surface area contributed by atoms with Crippen LogP contribution >= 0.6 is 11.3 Å². The van der Waals surface area contributed by atoms with Crippen molar-refractivity contribution in [2.75, 3.05) is 53.6 Å². The standard InChI is InChI=1S/C34H40N2O4S.2C2H2O4/c1-38-31-20-24(21-32(39-2)30(31)23-36-15-5-6-16-36)19-29-28-12-9-26(37)22-33(28)41-34(29)25-7-10-27(11-8-25)40-18-17-35-13-3-4-14-35;2*3-1(4)2(5)6/h7-12,20-22,37H,3-6,13-19,23H2,1-2H3;2*(H,3,4)(H,5,6). The first kappa shape index (κ1) is 40.4. The summed E-state index contributed by atoms with van der Waals surface area (Å²) in [5, 5.41) is 40.9. The SMILES string of the molecule is COc1cc(Cc2c(-c3ccc(OCCN4CCCC4)cc3)sc3cc(O)ccc23)cc(OC)c1CN1CCCC1.O=C(O)C(=O)O.O=C(O)C(=O)O. The Morgan fingerprint density at radius 1 is 0.698 bits per heavy atom. The van der Waals surface area contributed by atoms with Crippen molar-refractivity contribution in [1.82, 2.24) is 9.80 Å². The molecule has 3 heterocycles. The molecule has 2 saturated heterocycles. The summed E-state index contributed by atoms with van der Waals surface area (Å²) < 4.78 is 18.9. The molecule has 0 radical (unpaired) electrons. The van der Waals surface area contributed by atoms with Crippen molar-refractivity contribution in [3.63, 3.8) is 0 Å². The number of phenols is 1. The molecule has 0 atom stereocenters. The van der Waals surface area contributed by atoms with Crippen LogP contribution in [-0.2, 0) is 32.1 Å². The second-order valence-corrected chi connectivity index (χ2v) is 13.4. The fourth-order valence-electron chi connectivity index (χ4n) is 6.21. The number of hydrogen-bond donors (Lipinski definition) is 5. The van der Waals surface area contributed by atoms with Crippen LogP contribution in [0, 0.1) is 0 Å². The van der Waals surface area contributed by atoms with Gasteiger partial charge < -0.3 is 39.7 Å². The van der Waals surface area contributed by atoms with Gasteiger partial charge in [-0.15, -0.1) is 11.3 Å². The molecule has 2 aliphatic rings. The molecule has 4 aromatic rings. The molecular weight excluding hydrogens is 708 g/mol. The van der Waals surface area contributed by atoms with Crippen LogP contribution < -0.4 is 14.2 Å². The number of aromatic hydroxyl groups is 1. The first-order valence-electron chi connectivity index (χ1n) is 17.0. The van der Waals surface area contributed by atoms with E-state index in [1.807, 2.05) is 12.1 Å². The lowest BCUT2D eigenvalue weighted by Gasteiger charge is -2.20. The lowest BCUT2D eigenvalue weighted by atomic mass is 9.97.